The number of carbonyl (C=O) groups is 1. The van der Waals surface area contributed by atoms with Gasteiger partial charge in [-0.2, -0.15) is 0 Å². The standard InChI is InChI=1S/C15H22N2O2S/c1-3-9-8-11(9)16-15-17-13-10(14(18)19-4-2)6-5-7-12(13)20-15/h9-11H,3-8H2,1-2H3,(H,16,17). The van der Waals surface area contributed by atoms with E-state index < -0.39 is 0 Å². The van der Waals surface area contributed by atoms with Crippen LogP contribution >= 0.6 is 11.3 Å². The summed E-state index contributed by atoms with van der Waals surface area (Å²) in [7, 11) is 0. The van der Waals surface area contributed by atoms with Gasteiger partial charge in [-0.15, -0.1) is 11.3 Å². The van der Waals surface area contributed by atoms with E-state index in [1.165, 1.54) is 17.7 Å². The predicted octanol–water partition coefficient (Wildman–Crippen LogP) is 3.34. The molecule has 20 heavy (non-hydrogen) atoms. The molecule has 110 valence electrons. The molecule has 0 saturated heterocycles. The van der Waals surface area contributed by atoms with Crippen molar-refractivity contribution in [1.29, 1.82) is 0 Å². The van der Waals surface area contributed by atoms with E-state index in [2.05, 4.69) is 12.2 Å². The van der Waals surface area contributed by atoms with Crippen molar-refractivity contribution in [2.45, 2.75) is 57.9 Å². The first-order valence-electron chi connectivity index (χ1n) is 7.65. The number of aromatic nitrogens is 1. The molecule has 1 aromatic heterocycles. The number of anilines is 1. The van der Waals surface area contributed by atoms with Crippen LogP contribution in [-0.4, -0.2) is 23.6 Å². The van der Waals surface area contributed by atoms with Crippen LogP contribution in [0.2, 0.25) is 0 Å². The third kappa shape index (κ3) is 2.68. The predicted molar refractivity (Wildman–Crippen MR) is 80.2 cm³/mol. The van der Waals surface area contributed by atoms with Crippen LogP contribution in [0.3, 0.4) is 0 Å². The Morgan fingerprint density at radius 2 is 2.35 bits per heavy atom. The lowest BCUT2D eigenvalue weighted by Gasteiger charge is -2.19. The fourth-order valence-electron chi connectivity index (χ4n) is 2.99. The van der Waals surface area contributed by atoms with Gasteiger partial charge in [-0.25, -0.2) is 4.98 Å². The van der Waals surface area contributed by atoms with Crippen LogP contribution in [-0.2, 0) is 16.0 Å². The first kappa shape index (κ1) is 13.9. The molecule has 0 spiro atoms. The average Bonchev–Trinajstić information content (AvgIpc) is 3.06. The number of hydrogen-bond donors (Lipinski definition) is 1. The molecule has 1 N–H and O–H groups in total. The van der Waals surface area contributed by atoms with Gasteiger partial charge in [0, 0.05) is 10.9 Å². The van der Waals surface area contributed by atoms with E-state index in [9.17, 15) is 4.79 Å². The zero-order valence-corrected chi connectivity index (χ0v) is 13.0. The van der Waals surface area contributed by atoms with Gasteiger partial charge in [-0.05, 0) is 38.5 Å². The Hall–Kier alpha value is -1.10. The SMILES string of the molecule is CCOC(=O)C1CCCc2sc(NC3CC3CC)nc21. The van der Waals surface area contributed by atoms with Crippen LogP contribution in [0.15, 0.2) is 0 Å². The highest BCUT2D eigenvalue weighted by molar-refractivity contribution is 7.15. The van der Waals surface area contributed by atoms with Gasteiger partial charge >= 0.3 is 5.97 Å². The summed E-state index contributed by atoms with van der Waals surface area (Å²) in [6.45, 7) is 4.53. The first-order valence-corrected chi connectivity index (χ1v) is 8.47. The second-order valence-corrected chi connectivity index (χ2v) is 6.76. The molecule has 0 radical (unpaired) electrons. The van der Waals surface area contributed by atoms with Gasteiger partial charge in [0.15, 0.2) is 5.13 Å². The molecular weight excluding hydrogens is 272 g/mol. The maximum atomic E-state index is 12.0. The van der Waals surface area contributed by atoms with E-state index in [1.807, 2.05) is 6.92 Å². The van der Waals surface area contributed by atoms with Crippen molar-refractivity contribution in [3.8, 4) is 0 Å². The van der Waals surface area contributed by atoms with E-state index in [1.54, 1.807) is 11.3 Å². The Morgan fingerprint density at radius 1 is 1.50 bits per heavy atom. The van der Waals surface area contributed by atoms with Crippen LogP contribution in [0.5, 0.6) is 0 Å². The summed E-state index contributed by atoms with van der Waals surface area (Å²) in [6, 6.07) is 0.591. The third-order valence-corrected chi connectivity index (χ3v) is 5.34. The summed E-state index contributed by atoms with van der Waals surface area (Å²) in [4.78, 5) is 18.0. The van der Waals surface area contributed by atoms with Crippen LogP contribution in [0.25, 0.3) is 0 Å². The number of carbonyl (C=O) groups excluding carboxylic acids is 1. The molecule has 1 heterocycles. The molecule has 0 bridgehead atoms. The highest BCUT2D eigenvalue weighted by Crippen LogP contribution is 2.41. The number of ether oxygens (including phenoxy) is 1. The summed E-state index contributed by atoms with van der Waals surface area (Å²) in [6.07, 6.45) is 5.46. The first-order chi connectivity index (χ1) is 9.72. The Labute approximate surface area is 123 Å². The van der Waals surface area contributed by atoms with E-state index in [4.69, 9.17) is 9.72 Å². The van der Waals surface area contributed by atoms with Gasteiger partial charge in [-0.3, -0.25) is 4.79 Å². The highest BCUT2D eigenvalue weighted by Gasteiger charge is 2.37. The van der Waals surface area contributed by atoms with Gasteiger partial charge in [0.2, 0.25) is 0 Å². The summed E-state index contributed by atoms with van der Waals surface area (Å²) >= 11 is 1.73. The Kier molecular flexibility index (Phi) is 3.96. The van der Waals surface area contributed by atoms with Gasteiger partial charge in [0.1, 0.15) is 5.92 Å². The number of rotatable bonds is 5. The van der Waals surface area contributed by atoms with Crippen molar-refractivity contribution in [2.75, 3.05) is 11.9 Å². The zero-order valence-electron chi connectivity index (χ0n) is 12.1. The van der Waals surface area contributed by atoms with E-state index in [0.717, 1.165) is 36.0 Å². The normalized spacial score (nSPS) is 27.8. The quantitative estimate of drug-likeness (QED) is 0.846. The lowest BCUT2D eigenvalue weighted by atomic mass is 9.91. The largest absolute Gasteiger partial charge is 0.465 e. The smallest absolute Gasteiger partial charge is 0.315 e. The number of nitrogens with one attached hydrogen (secondary N) is 1. The van der Waals surface area contributed by atoms with Gasteiger partial charge in [-0.1, -0.05) is 13.3 Å². The maximum absolute atomic E-state index is 12.0. The lowest BCUT2D eigenvalue weighted by Crippen LogP contribution is -2.20. The molecule has 0 aliphatic heterocycles. The zero-order chi connectivity index (χ0) is 14.1. The number of thiazole rings is 1. The molecule has 0 amide bonds. The highest BCUT2D eigenvalue weighted by atomic mass is 32.1. The molecule has 5 heteroatoms. The van der Waals surface area contributed by atoms with Crippen molar-refractivity contribution in [2.24, 2.45) is 5.92 Å². The molecule has 2 aliphatic rings. The summed E-state index contributed by atoms with van der Waals surface area (Å²) in [5.41, 5.74) is 0.968. The van der Waals surface area contributed by atoms with Crippen LogP contribution in [0.4, 0.5) is 5.13 Å². The molecule has 1 saturated carbocycles. The van der Waals surface area contributed by atoms with Gasteiger partial charge in [0.25, 0.3) is 0 Å². The molecule has 3 atom stereocenters. The van der Waals surface area contributed by atoms with Crippen LogP contribution in [0, 0.1) is 5.92 Å². The van der Waals surface area contributed by atoms with Crippen molar-refractivity contribution in [3.63, 3.8) is 0 Å². The maximum Gasteiger partial charge on any atom is 0.315 e. The minimum atomic E-state index is -0.147. The number of fused-ring (bicyclic) bond motifs is 1. The Balaban J connectivity index is 1.73. The lowest BCUT2D eigenvalue weighted by molar-refractivity contribution is -0.145. The van der Waals surface area contributed by atoms with Crippen LogP contribution < -0.4 is 5.32 Å². The fraction of sp³-hybridized carbons (Fsp3) is 0.733. The van der Waals surface area contributed by atoms with Crippen molar-refractivity contribution in [1.82, 2.24) is 4.98 Å². The van der Waals surface area contributed by atoms with E-state index in [0.29, 0.717) is 12.6 Å². The van der Waals surface area contributed by atoms with Crippen molar-refractivity contribution in [3.05, 3.63) is 10.6 Å². The van der Waals surface area contributed by atoms with Gasteiger partial charge < -0.3 is 10.1 Å². The number of esters is 1. The second-order valence-electron chi connectivity index (χ2n) is 5.68. The molecule has 0 aromatic carbocycles. The molecular formula is C15H22N2O2S. The van der Waals surface area contributed by atoms with E-state index in [-0.39, 0.29) is 11.9 Å². The molecule has 1 aromatic rings. The van der Waals surface area contributed by atoms with Crippen molar-refractivity contribution >= 4 is 22.4 Å². The average molecular weight is 294 g/mol. The molecule has 3 rings (SSSR count). The van der Waals surface area contributed by atoms with Gasteiger partial charge in [0.05, 0.1) is 12.3 Å². The minimum Gasteiger partial charge on any atom is -0.465 e. The number of nitrogens with zero attached hydrogens (tertiary/aromatic N) is 1. The summed E-state index contributed by atoms with van der Waals surface area (Å²) in [5.74, 6) is 0.548. The monoisotopic (exact) mass is 294 g/mol. The second kappa shape index (κ2) is 5.72. The number of aryl methyl sites for hydroxylation is 1. The summed E-state index contributed by atoms with van der Waals surface area (Å²) < 4.78 is 5.18. The Morgan fingerprint density at radius 3 is 3.05 bits per heavy atom. The van der Waals surface area contributed by atoms with Crippen molar-refractivity contribution < 1.29 is 9.53 Å². The Bertz CT molecular complexity index is 500. The fourth-order valence-corrected chi connectivity index (χ4v) is 4.11. The number of hydrogen-bond acceptors (Lipinski definition) is 5. The third-order valence-electron chi connectivity index (χ3n) is 4.28. The molecule has 1 fully saturated rings. The topological polar surface area (TPSA) is 51.2 Å². The molecule has 3 unspecified atom stereocenters. The van der Waals surface area contributed by atoms with Crippen LogP contribution in [0.1, 0.15) is 56.0 Å². The summed E-state index contributed by atoms with van der Waals surface area (Å²) in [5, 5.41) is 4.51. The molecule has 4 nitrogen and oxygen atoms in total. The molecule has 2 aliphatic carbocycles. The van der Waals surface area contributed by atoms with E-state index >= 15 is 0 Å². The minimum absolute atomic E-state index is 0.108.